The van der Waals surface area contributed by atoms with Gasteiger partial charge >= 0.3 is 0 Å². The standard InChI is InChI=1S/C19H18N4O/c1-12-13(2)23-11-15(7-8-18(23)21-12)22-19(24)9-14-10-20-17-6-4-3-5-16(14)17/h3-8,10-11,20H,9H2,1-2H3,(H,22,24). The van der Waals surface area contributed by atoms with Gasteiger partial charge in [-0.1, -0.05) is 18.2 Å². The van der Waals surface area contributed by atoms with Crippen LogP contribution in [-0.2, 0) is 11.2 Å². The number of aryl methyl sites for hydroxylation is 2. The summed E-state index contributed by atoms with van der Waals surface area (Å²) < 4.78 is 2.00. The van der Waals surface area contributed by atoms with E-state index in [4.69, 9.17) is 0 Å². The molecule has 4 rings (SSSR count). The number of nitrogens with one attached hydrogen (secondary N) is 2. The summed E-state index contributed by atoms with van der Waals surface area (Å²) in [7, 11) is 0. The minimum atomic E-state index is -0.0337. The number of imidazole rings is 1. The molecule has 0 spiro atoms. The molecule has 0 aliphatic carbocycles. The van der Waals surface area contributed by atoms with Crippen LogP contribution in [0, 0.1) is 13.8 Å². The molecular weight excluding hydrogens is 300 g/mol. The summed E-state index contributed by atoms with van der Waals surface area (Å²) >= 11 is 0. The Kier molecular flexibility index (Phi) is 3.34. The number of benzene rings is 1. The second kappa shape index (κ2) is 5.53. The zero-order valence-electron chi connectivity index (χ0n) is 13.6. The number of H-pyrrole nitrogens is 1. The summed E-state index contributed by atoms with van der Waals surface area (Å²) in [4.78, 5) is 20.1. The number of fused-ring (bicyclic) bond motifs is 2. The van der Waals surface area contributed by atoms with Gasteiger partial charge in [-0.15, -0.1) is 0 Å². The zero-order chi connectivity index (χ0) is 16.7. The molecule has 0 bridgehead atoms. The SMILES string of the molecule is Cc1nc2ccc(NC(=O)Cc3c[nH]c4ccccc34)cn2c1C. The van der Waals surface area contributed by atoms with Crippen LogP contribution in [0.3, 0.4) is 0 Å². The highest BCUT2D eigenvalue weighted by atomic mass is 16.1. The number of rotatable bonds is 3. The molecular formula is C19H18N4O. The first kappa shape index (κ1) is 14.5. The summed E-state index contributed by atoms with van der Waals surface area (Å²) in [6, 6.07) is 11.8. The van der Waals surface area contributed by atoms with Crippen LogP contribution in [0.5, 0.6) is 0 Å². The molecule has 3 aromatic heterocycles. The number of hydrogen-bond acceptors (Lipinski definition) is 2. The predicted octanol–water partition coefficient (Wildman–Crippen LogP) is 3.61. The third-order valence-electron chi connectivity index (χ3n) is 4.40. The van der Waals surface area contributed by atoms with E-state index in [1.807, 2.05) is 67.0 Å². The van der Waals surface area contributed by atoms with Crippen LogP contribution in [0.25, 0.3) is 16.6 Å². The van der Waals surface area contributed by atoms with Crippen molar-refractivity contribution in [2.24, 2.45) is 0 Å². The summed E-state index contributed by atoms with van der Waals surface area (Å²) in [5, 5.41) is 4.06. The van der Waals surface area contributed by atoms with E-state index in [0.717, 1.165) is 39.2 Å². The van der Waals surface area contributed by atoms with Gasteiger partial charge < -0.3 is 14.7 Å². The average Bonchev–Trinajstić information content (AvgIpc) is 3.10. The Hall–Kier alpha value is -3.08. The first-order valence-corrected chi connectivity index (χ1v) is 7.92. The zero-order valence-corrected chi connectivity index (χ0v) is 13.6. The molecule has 0 aliphatic heterocycles. The number of para-hydroxylation sites is 1. The highest BCUT2D eigenvalue weighted by molar-refractivity contribution is 5.95. The molecule has 0 saturated carbocycles. The molecule has 24 heavy (non-hydrogen) atoms. The average molecular weight is 318 g/mol. The van der Waals surface area contributed by atoms with Gasteiger partial charge in [0, 0.05) is 29.0 Å². The molecule has 0 atom stereocenters. The van der Waals surface area contributed by atoms with E-state index in [1.54, 1.807) is 0 Å². The summed E-state index contributed by atoms with van der Waals surface area (Å²) in [5.74, 6) is -0.0337. The van der Waals surface area contributed by atoms with Crippen LogP contribution in [0.2, 0.25) is 0 Å². The van der Waals surface area contributed by atoms with Crippen molar-refractivity contribution in [2.45, 2.75) is 20.3 Å². The first-order valence-electron chi connectivity index (χ1n) is 7.92. The second-order valence-corrected chi connectivity index (χ2v) is 6.01. The number of aromatic amines is 1. The molecule has 5 nitrogen and oxygen atoms in total. The van der Waals surface area contributed by atoms with Crippen molar-refractivity contribution in [3.8, 4) is 0 Å². The Balaban J connectivity index is 1.56. The fourth-order valence-electron chi connectivity index (χ4n) is 3.01. The van der Waals surface area contributed by atoms with E-state index in [0.29, 0.717) is 6.42 Å². The number of amides is 1. The predicted molar refractivity (Wildman–Crippen MR) is 95.3 cm³/mol. The Bertz CT molecular complexity index is 1060. The molecule has 120 valence electrons. The number of hydrogen-bond donors (Lipinski definition) is 2. The normalized spacial score (nSPS) is 11.2. The molecule has 0 saturated heterocycles. The quantitative estimate of drug-likeness (QED) is 0.606. The van der Waals surface area contributed by atoms with Gasteiger partial charge in [0.15, 0.2) is 0 Å². The van der Waals surface area contributed by atoms with E-state index in [-0.39, 0.29) is 5.91 Å². The van der Waals surface area contributed by atoms with Crippen LogP contribution in [0.15, 0.2) is 48.8 Å². The van der Waals surface area contributed by atoms with Crippen molar-refractivity contribution in [3.63, 3.8) is 0 Å². The van der Waals surface area contributed by atoms with E-state index >= 15 is 0 Å². The number of carbonyl (C=O) groups excluding carboxylic acids is 1. The summed E-state index contributed by atoms with van der Waals surface area (Å²) in [6.45, 7) is 4.00. The van der Waals surface area contributed by atoms with Crippen molar-refractivity contribution < 1.29 is 4.79 Å². The fourth-order valence-corrected chi connectivity index (χ4v) is 3.01. The summed E-state index contributed by atoms with van der Waals surface area (Å²) in [6.07, 6.45) is 4.15. The molecule has 1 amide bonds. The number of nitrogens with zero attached hydrogens (tertiary/aromatic N) is 2. The molecule has 0 fully saturated rings. The van der Waals surface area contributed by atoms with E-state index in [1.165, 1.54) is 0 Å². The van der Waals surface area contributed by atoms with Gasteiger partial charge in [-0.3, -0.25) is 4.79 Å². The molecule has 1 aromatic carbocycles. The number of anilines is 1. The lowest BCUT2D eigenvalue weighted by Gasteiger charge is -2.06. The van der Waals surface area contributed by atoms with Crippen LogP contribution in [0.4, 0.5) is 5.69 Å². The molecule has 0 unspecified atom stereocenters. The van der Waals surface area contributed by atoms with Crippen molar-refractivity contribution in [2.75, 3.05) is 5.32 Å². The molecule has 3 heterocycles. The molecule has 2 N–H and O–H groups in total. The summed E-state index contributed by atoms with van der Waals surface area (Å²) in [5.41, 5.74) is 5.78. The lowest BCUT2D eigenvalue weighted by atomic mass is 10.1. The van der Waals surface area contributed by atoms with Gasteiger partial charge in [-0.25, -0.2) is 4.98 Å². The minimum Gasteiger partial charge on any atom is -0.361 e. The van der Waals surface area contributed by atoms with Crippen molar-refractivity contribution >= 4 is 28.1 Å². The maximum absolute atomic E-state index is 12.4. The first-order chi connectivity index (χ1) is 11.6. The molecule has 0 radical (unpaired) electrons. The van der Waals surface area contributed by atoms with E-state index in [9.17, 15) is 4.79 Å². The monoisotopic (exact) mass is 318 g/mol. The van der Waals surface area contributed by atoms with E-state index < -0.39 is 0 Å². The molecule has 4 aromatic rings. The van der Waals surface area contributed by atoms with Gasteiger partial charge in [-0.05, 0) is 37.6 Å². The van der Waals surface area contributed by atoms with Crippen LogP contribution in [-0.4, -0.2) is 20.3 Å². The maximum atomic E-state index is 12.4. The van der Waals surface area contributed by atoms with Gasteiger partial charge in [-0.2, -0.15) is 0 Å². The van der Waals surface area contributed by atoms with Gasteiger partial charge in [0.1, 0.15) is 5.65 Å². The Labute approximate surface area is 139 Å². The lowest BCUT2D eigenvalue weighted by Crippen LogP contribution is -2.14. The third kappa shape index (κ3) is 2.44. The van der Waals surface area contributed by atoms with Gasteiger partial charge in [0.2, 0.25) is 5.91 Å². The van der Waals surface area contributed by atoms with Gasteiger partial charge in [0.25, 0.3) is 0 Å². The fraction of sp³-hybridized carbons (Fsp3) is 0.158. The Morgan fingerprint density at radius 3 is 2.92 bits per heavy atom. The van der Waals surface area contributed by atoms with Crippen molar-refractivity contribution in [1.29, 1.82) is 0 Å². The number of carbonyl (C=O) groups is 1. The number of pyridine rings is 1. The van der Waals surface area contributed by atoms with Crippen LogP contribution in [0.1, 0.15) is 17.0 Å². The second-order valence-electron chi connectivity index (χ2n) is 6.01. The number of aromatic nitrogens is 3. The topological polar surface area (TPSA) is 62.2 Å². The lowest BCUT2D eigenvalue weighted by molar-refractivity contribution is -0.115. The highest BCUT2D eigenvalue weighted by Gasteiger charge is 2.10. The smallest absolute Gasteiger partial charge is 0.228 e. The van der Waals surface area contributed by atoms with Crippen molar-refractivity contribution in [3.05, 3.63) is 65.7 Å². The molecule has 5 heteroatoms. The Morgan fingerprint density at radius 1 is 1.21 bits per heavy atom. The van der Waals surface area contributed by atoms with Crippen LogP contribution < -0.4 is 5.32 Å². The van der Waals surface area contributed by atoms with Crippen molar-refractivity contribution in [1.82, 2.24) is 14.4 Å². The van der Waals surface area contributed by atoms with Gasteiger partial charge in [0.05, 0.1) is 17.8 Å². The third-order valence-corrected chi connectivity index (χ3v) is 4.40. The van der Waals surface area contributed by atoms with E-state index in [2.05, 4.69) is 15.3 Å². The Morgan fingerprint density at radius 2 is 2.04 bits per heavy atom. The minimum absolute atomic E-state index is 0.0337. The largest absolute Gasteiger partial charge is 0.361 e. The molecule has 0 aliphatic rings. The highest BCUT2D eigenvalue weighted by Crippen LogP contribution is 2.19. The van der Waals surface area contributed by atoms with Crippen LogP contribution >= 0.6 is 0 Å². The maximum Gasteiger partial charge on any atom is 0.228 e.